The van der Waals surface area contributed by atoms with Crippen molar-refractivity contribution in [2.24, 2.45) is 5.41 Å². The zero-order valence-corrected chi connectivity index (χ0v) is 9.78. The number of rotatable bonds is 5. The Morgan fingerprint density at radius 2 is 1.62 bits per heavy atom. The van der Waals surface area contributed by atoms with Crippen LogP contribution < -0.4 is 5.32 Å². The van der Waals surface area contributed by atoms with E-state index in [0.717, 1.165) is 25.9 Å². The van der Waals surface area contributed by atoms with Crippen molar-refractivity contribution in [1.82, 2.24) is 5.32 Å². The Balaban J connectivity index is 3.77. The van der Waals surface area contributed by atoms with E-state index in [0.29, 0.717) is 0 Å². The molecule has 0 aliphatic carbocycles. The summed E-state index contributed by atoms with van der Waals surface area (Å²) in [6.07, 6.45) is 1.97. The molecule has 1 unspecified atom stereocenters. The largest absolute Gasteiger partial charge is 0.390 e. The Morgan fingerprint density at radius 1 is 1.08 bits per heavy atom. The first-order valence-corrected chi connectivity index (χ1v) is 5.24. The van der Waals surface area contributed by atoms with E-state index in [1.807, 2.05) is 6.92 Å². The van der Waals surface area contributed by atoms with Crippen LogP contribution in [-0.2, 0) is 0 Å². The van der Waals surface area contributed by atoms with E-state index in [4.69, 9.17) is 0 Å². The first-order valence-electron chi connectivity index (χ1n) is 5.24. The second-order valence-corrected chi connectivity index (χ2v) is 5.02. The lowest BCUT2D eigenvalue weighted by Crippen LogP contribution is -2.42. The van der Waals surface area contributed by atoms with Gasteiger partial charge in [0.2, 0.25) is 0 Å². The van der Waals surface area contributed by atoms with Gasteiger partial charge in [-0.15, -0.1) is 0 Å². The van der Waals surface area contributed by atoms with Gasteiger partial charge < -0.3 is 10.4 Å². The van der Waals surface area contributed by atoms with E-state index >= 15 is 0 Å². The van der Waals surface area contributed by atoms with Gasteiger partial charge >= 0.3 is 0 Å². The predicted molar refractivity (Wildman–Crippen MR) is 57.9 cm³/mol. The maximum absolute atomic E-state index is 10.1. The molecule has 80 valence electrons. The van der Waals surface area contributed by atoms with Crippen LogP contribution in [0.4, 0.5) is 0 Å². The Hall–Kier alpha value is -0.0800. The van der Waals surface area contributed by atoms with Crippen molar-refractivity contribution in [1.29, 1.82) is 0 Å². The van der Waals surface area contributed by atoms with Crippen molar-refractivity contribution in [3.05, 3.63) is 0 Å². The van der Waals surface area contributed by atoms with Gasteiger partial charge in [0, 0.05) is 0 Å². The van der Waals surface area contributed by atoms with Crippen LogP contribution in [0, 0.1) is 5.41 Å². The average Bonchev–Trinajstić information content (AvgIpc) is 1.96. The fourth-order valence-corrected chi connectivity index (χ4v) is 1.01. The van der Waals surface area contributed by atoms with Crippen LogP contribution in [0.25, 0.3) is 0 Å². The summed E-state index contributed by atoms with van der Waals surface area (Å²) in [4.78, 5) is 0. The topological polar surface area (TPSA) is 32.3 Å². The molecule has 0 aromatic heterocycles. The van der Waals surface area contributed by atoms with Crippen molar-refractivity contribution >= 4 is 0 Å². The van der Waals surface area contributed by atoms with Crippen molar-refractivity contribution < 1.29 is 5.11 Å². The highest BCUT2D eigenvalue weighted by Crippen LogP contribution is 2.32. The van der Waals surface area contributed by atoms with Crippen LogP contribution >= 0.6 is 0 Å². The fourth-order valence-electron chi connectivity index (χ4n) is 1.01. The van der Waals surface area contributed by atoms with Crippen LogP contribution in [0.3, 0.4) is 0 Å². The normalized spacial score (nSPS) is 17.1. The molecule has 2 N–H and O–H groups in total. The van der Waals surface area contributed by atoms with Crippen molar-refractivity contribution in [2.75, 3.05) is 13.1 Å². The molecule has 0 aliphatic heterocycles. The highest BCUT2D eigenvalue weighted by atomic mass is 16.3. The molecule has 0 radical (unpaired) electrons. The lowest BCUT2D eigenvalue weighted by atomic mass is 9.76. The summed E-state index contributed by atoms with van der Waals surface area (Å²) in [5.74, 6) is 0. The third-order valence-electron chi connectivity index (χ3n) is 2.83. The van der Waals surface area contributed by atoms with E-state index in [2.05, 4.69) is 33.0 Å². The van der Waals surface area contributed by atoms with Crippen LogP contribution in [0.15, 0.2) is 0 Å². The second-order valence-electron chi connectivity index (χ2n) is 5.02. The fraction of sp³-hybridized carbons (Fsp3) is 1.00. The predicted octanol–water partition coefficient (Wildman–Crippen LogP) is 2.17. The molecule has 0 aliphatic rings. The standard InChI is InChI=1S/C11H25NO/c1-6-8-12-9-7-11(5,13)10(2,3)4/h12-13H,6-9H2,1-5H3. The van der Waals surface area contributed by atoms with Gasteiger partial charge in [-0.25, -0.2) is 0 Å². The highest BCUT2D eigenvalue weighted by Gasteiger charge is 2.34. The summed E-state index contributed by atoms with van der Waals surface area (Å²) in [6.45, 7) is 12.2. The van der Waals surface area contributed by atoms with Gasteiger partial charge in [-0.1, -0.05) is 27.7 Å². The minimum Gasteiger partial charge on any atom is -0.390 e. The monoisotopic (exact) mass is 187 g/mol. The molecule has 0 aromatic carbocycles. The van der Waals surface area contributed by atoms with E-state index in [9.17, 15) is 5.11 Å². The van der Waals surface area contributed by atoms with Crippen LogP contribution in [0.1, 0.15) is 47.5 Å². The summed E-state index contributed by atoms with van der Waals surface area (Å²) >= 11 is 0. The maximum Gasteiger partial charge on any atom is 0.0679 e. The molecule has 0 amide bonds. The molecule has 0 bridgehead atoms. The quantitative estimate of drug-likeness (QED) is 0.647. The second kappa shape index (κ2) is 4.97. The Labute approximate surface area is 82.7 Å². The molecule has 0 fully saturated rings. The molecule has 0 heterocycles. The Kier molecular flexibility index (Phi) is 4.93. The molecule has 2 nitrogen and oxygen atoms in total. The minimum absolute atomic E-state index is 0.0408. The van der Waals surface area contributed by atoms with Gasteiger partial charge in [0.05, 0.1) is 5.60 Å². The molecule has 0 rings (SSSR count). The molecule has 0 saturated carbocycles. The number of aliphatic hydroxyl groups is 1. The van der Waals surface area contributed by atoms with Crippen molar-refractivity contribution in [3.8, 4) is 0 Å². The molecule has 2 heteroatoms. The van der Waals surface area contributed by atoms with E-state index < -0.39 is 5.60 Å². The molecule has 1 atom stereocenters. The number of hydrogen-bond acceptors (Lipinski definition) is 2. The van der Waals surface area contributed by atoms with E-state index in [1.165, 1.54) is 0 Å². The molecule has 13 heavy (non-hydrogen) atoms. The van der Waals surface area contributed by atoms with Gasteiger partial charge in [-0.2, -0.15) is 0 Å². The average molecular weight is 187 g/mol. The summed E-state index contributed by atoms with van der Waals surface area (Å²) in [7, 11) is 0. The van der Waals surface area contributed by atoms with E-state index in [1.54, 1.807) is 0 Å². The van der Waals surface area contributed by atoms with Gasteiger partial charge in [0.1, 0.15) is 0 Å². The molecule has 0 aromatic rings. The zero-order chi connectivity index (χ0) is 10.5. The van der Waals surface area contributed by atoms with Gasteiger partial charge in [-0.3, -0.25) is 0 Å². The lowest BCUT2D eigenvalue weighted by molar-refractivity contribution is -0.0472. The summed E-state index contributed by atoms with van der Waals surface area (Å²) < 4.78 is 0. The third-order valence-corrected chi connectivity index (χ3v) is 2.83. The minimum atomic E-state index is -0.576. The first-order chi connectivity index (χ1) is 5.81. The SMILES string of the molecule is CCCNCCC(C)(O)C(C)(C)C. The summed E-state index contributed by atoms with van der Waals surface area (Å²) in [5.41, 5.74) is -0.616. The third kappa shape index (κ3) is 4.63. The molecular weight excluding hydrogens is 162 g/mol. The summed E-state index contributed by atoms with van der Waals surface area (Å²) in [5, 5.41) is 13.4. The first kappa shape index (κ1) is 12.9. The number of hydrogen-bond donors (Lipinski definition) is 2. The van der Waals surface area contributed by atoms with Crippen LogP contribution in [-0.4, -0.2) is 23.8 Å². The zero-order valence-electron chi connectivity index (χ0n) is 9.78. The Bertz CT molecular complexity index is 136. The number of nitrogens with one attached hydrogen (secondary N) is 1. The van der Waals surface area contributed by atoms with Gasteiger partial charge in [-0.05, 0) is 38.3 Å². The van der Waals surface area contributed by atoms with Crippen molar-refractivity contribution in [3.63, 3.8) is 0 Å². The van der Waals surface area contributed by atoms with Crippen LogP contribution in [0.5, 0.6) is 0 Å². The van der Waals surface area contributed by atoms with Gasteiger partial charge in [0.15, 0.2) is 0 Å². The summed E-state index contributed by atoms with van der Waals surface area (Å²) in [6, 6.07) is 0. The van der Waals surface area contributed by atoms with Crippen LogP contribution in [0.2, 0.25) is 0 Å². The smallest absolute Gasteiger partial charge is 0.0679 e. The Morgan fingerprint density at radius 3 is 2.00 bits per heavy atom. The highest BCUT2D eigenvalue weighted by molar-refractivity contribution is 4.86. The lowest BCUT2D eigenvalue weighted by Gasteiger charge is -2.37. The molecule has 0 saturated heterocycles. The molecule has 0 spiro atoms. The molecular formula is C11H25NO. The van der Waals surface area contributed by atoms with Gasteiger partial charge in [0.25, 0.3) is 0 Å². The maximum atomic E-state index is 10.1. The van der Waals surface area contributed by atoms with Crippen molar-refractivity contribution in [2.45, 2.75) is 53.1 Å². The van der Waals surface area contributed by atoms with E-state index in [-0.39, 0.29) is 5.41 Å².